The first-order valence-corrected chi connectivity index (χ1v) is 3.76. The molecule has 0 bridgehead atoms. The second-order valence-electron chi connectivity index (χ2n) is 2.51. The third-order valence-corrected chi connectivity index (χ3v) is 1.38. The average molecular weight is 320 g/mol. The van der Waals surface area contributed by atoms with Crippen LogP contribution < -0.4 is 0 Å². The molecule has 2 heteroatoms. The zero-order valence-electron chi connectivity index (χ0n) is 6.78. The van der Waals surface area contributed by atoms with Gasteiger partial charge in [-0.05, 0) is 13.3 Å². The summed E-state index contributed by atoms with van der Waals surface area (Å²) >= 11 is 0. The summed E-state index contributed by atoms with van der Waals surface area (Å²) in [5.74, 6) is 0.325. The molecule has 0 fully saturated rings. The van der Waals surface area contributed by atoms with Crippen LogP contribution in [-0.2, 0) is 24.9 Å². The normalized spacial score (nSPS) is 8.60. The van der Waals surface area contributed by atoms with Crippen molar-refractivity contribution in [3.63, 3.8) is 0 Å². The molecule has 10 heavy (non-hydrogen) atoms. The summed E-state index contributed by atoms with van der Waals surface area (Å²) < 4.78 is 0. The van der Waals surface area contributed by atoms with Crippen LogP contribution in [0.15, 0.2) is 0 Å². The standard InChI is InChI=1S/C8H16O.Ir/c1-3-4-5-6-7-8(2)9;/h3-7H2,1-2H3;. The fraction of sp³-hybridized carbons (Fsp3) is 0.875. The summed E-state index contributed by atoms with van der Waals surface area (Å²) in [6, 6.07) is 0. The number of rotatable bonds is 5. The topological polar surface area (TPSA) is 17.1 Å². The zero-order valence-corrected chi connectivity index (χ0v) is 9.17. The van der Waals surface area contributed by atoms with E-state index >= 15 is 0 Å². The van der Waals surface area contributed by atoms with Crippen LogP contribution in [0.3, 0.4) is 0 Å². The Hall–Kier alpha value is 0.319. The van der Waals surface area contributed by atoms with E-state index in [1.54, 1.807) is 6.92 Å². The van der Waals surface area contributed by atoms with Gasteiger partial charge >= 0.3 is 0 Å². The largest absolute Gasteiger partial charge is 0.300 e. The van der Waals surface area contributed by atoms with Gasteiger partial charge in [0.05, 0.1) is 0 Å². The second kappa shape index (κ2) is 9.32. The van der Waals surface area contributed by atoms with Crippen molar-refractivity contribution in [2.75, 3.05) is 0 Å². The van der Waals surface area contributed by atoms with Crippen molar-refractivity contribution in [1.82, 2.24) is 0 Å². The molecule has 0 aromatic carbocycles. The molecule has 0 saturated heterocycles. The molecule has 0 atom stereocenters. The quantitative estimate of drug-likeness (QED) is 0.712. The van der Waals surface area contributed by atoms with Gasteiger partial charge < -0.3 is 4.79 Å². The third-order valence-electron chi connectivity index (χ3n) is 1.38. The van der Waals surface area contributed by atoms with Crippen LogP contribution in [0, 0.1) is 0 Å². The molecule has 0 aliphatic heterocycles. The van der Waals surface area contributed by atoms with Crippen molar-refractivity contribution in [3.05, 3.63) is 0 Å². The second-order valence-corrected chi connectivity index (χ2v) is 2.51. The van der Waals surface area contributed by atoms with E-state index < -0.39 is 0 Å². The van der Waals surface area contributed by atoms with Crippen LogP contribution in [0.4, 0.5) is 0 Å². The van der Waals surface area contributed by atoms with Gasteiger partial charge in [0.1, 0.15) is 5.78 Å². The minimum Gasteiger partial charge on any atom is -0.300 e. The molecule has 0 aromatic rings. The Balaban J connectivity index is 0. The maximum absolute atomic E-state index is 10.4. The Labute approximate surface area is 76.9 Å². The van der Waals surface area contributed by atoms with Crippen molar-refractivity contribution >= 4 is 5.78 Å². The van der Waals surface area contributed by atoms with Crippen molar-refractivity contribution in [1.29, 1.82) is 0 Å². The van der Waals surface area contributed by atoms with Crippen molar-refractivity contribution in [3.8, 4) is 0 Å². The Morgan fingerprint density at radius 1 is 1.20 bits per heavy atom. The first kappa shape index (κ1) is 12.9. The molecular weight excluding hydrogens is 304 g/mol. The van der Waals surface area contributed by atoms with Crippen molar-refractivity contribution in [2.45, 2.75) is 46.0 Å². The summed E-state index contributed by atoms with van der Waals surface area (Å²) in [6.45, 7) is 3.83. The summed E-state index contributed by atoms with van der Waals surface area (Å²) in [5, 5.41) is 0. The Kier molecular flexibility index (Phi) is 12.1. The maximum atomic E-state index is 10.4. The van der Waals surface area contributed by atoms with E-state index in [4.69, 9.17) is 0 Å². The van der Waals surface area contributed by atoms with Gasteiger partial charge in [0.2, 0.25) is 0 Å². The average Bonchev–Trinajstić information content (AvgIpc) is 1.80. The molecule has 0 spiro atoms. The van der Waals surface area contributed by atoms with Crippen LogP contribution in [0.25, 0.3) is 0 Å². The fourth-order valence-corrected chi connectivity index (χ4v) is 0.801. The van der Waals surface area contributed by atoms with Crippen molar-refractivity contribution in [2.24, 2.45) is 0 Å². The molecule has 0 aromatic heterocycles. The van der Waals surface area contributed by atoms with E-state index in [2.05, 4.69) is 6.92 Å². The molecule has 0 aliphatic rings. The number of ketones is 1. The van der Waals surface area contributed by atoms with Gasteiger partial charge in [-0.3, -0.25) is 0 Å². The van der Waals surface area contributed by atoms with E-state index in [1.807, 2.05) is 0 Å². The van der Waals surface area contributed by atoms with Gasteiger partial charge in [-0.1, -0.05) is 26.2 Å². The SMILES string of the molecule is CCCCCCC(C)=O.[Ir]. The van der Waals surface area contributed by atoms with Crippen LogP contribution in [0.5, 0.6) is 0 Å². The molecule has 0 heterocycles. The first-order chi connectivity index (χ1) is 4.27. The molecule has 0 unspecified atom stereocenters. The van der Waals surface area contributed by atoms with Gasteiger partial charge in [-0.25, -0.2) is 0 Å². The summed E-state index contributed by atoms with van der Waals surface area (Å²) in [7, 11) is 0. The molecule has 0 rings (SSSR count). The van der Waals surface area contributed by atoms with E-state index in [9.17, 15) is 4.79 Å². The van der Waals surface area contributed by atoms with E-state index in [1.165, 1.54) is 19.3 Å². The van der Waals surface area contributed by atoms with Gasteiger partial charge in [0.25, 0.3) is 0 Å². The number of unbranched alkanes of at least 4 members (excludes halogenated alkanes) is 3. The van der Waals surface area contributed by atoms with Gasteiger partial charge in [0.15, 0.2) is 0 Å². The number of carbonyl (C=O) groups is 1. The first-order valence-electron chi connectivity index (χ1n) is 3.76. The fourth-order valence-electron chi connectivity index (χ4n) is 0.801. The summed E-state index contributed by atoms with van der Waals surface area (Å²) in [6.07, 6.45) is 5.60. The van der Waals surface area contributed by atoms with Gasteiger partial charge in [-0.2, -0.15) is 0 Å². The smallest absolute Gasteiger partial charge is 0.129 e. The summed E-state index contributed by atoms with van der Waals surface area (Å²) in [4.78, 5) is 10.4. The number of Topliss-reactive ketones (excluding diaryl/α,β-unsaturated/α-hetero) is 1. The predicted octanol–water partition coefficient (Wildman–Crippen LogP) is 2.54. The monoisotopic (exact) mass is 321 g/mol. The Morgan fingerprint density at radius 3 is 2.20 bits per heavy atom. The zero-order chi connectivity index (χ0) is 7.11. The molecule has 63 valence electrons. The number of hydrogen-bond acceptors (Lipinski definition) is 1. The van der Waals surface area contributed by atoms with Gasteiger partial charge in [0, 0.05) is 26.5 Å². The van der Waals surface area contributed by atoms with Crippen molar-refractivity contribution < 1.29 is 24.9 Å². The number of carbonyl (C=O) groups excluding carboxylic acids is 1. The maximum Gasteiger partial charge on any atom is 0.129 e. The molecule has 0 aliphatic carbocycles. The predicted molar refractivity (Wildman–Crippen MR) is 39.4 cm³/mol. The van der Waals surface area contributed by atoms with E-state index in [0.717, 1.165) is 12.8 Å². The molecule has 0 N–H and O–H groups in total. The minimum absolute atomic E-state index is 0. The van der Waals surface area contributed by atoms with E-state index in [0.29, 0.717) is 5.78 Å². The van der Waals surface area contributed by atoms with Crippen LogP contribution in [0.2, 0.25) is 0 Å². The molecule has 0 amide bonds. The molecule has 1 nitrogen and oxygen atoms in total. The Bertz CT molecular complexity index is 81.3. The molecule has 0 saturated carbocycles. The third kappa shape index (κ3) is 11.2. The Morgan fingerprint density at radius 2 is 1.80 bits per heavy atom. The summed E-state index contributed by atoms with van der Waals surface area (Å²) in [5.41, 5.74) is 0. The van der Waals surface area contributed by atoms with Crippen LogP contribution >= 0.6 is 0 Å². The van der Waals surface area contributed by atoms with Gasteiger partial charge in [-0.15, -0.1) is 0 Å². The van der Waals surface area contributed by atoms with Crippen LogP contribution in [-0.4, -0.2) is 5.78 Å². The van der Waals surface area contributed by atoms with E-state index in [-0.39, 0.29) is 20.1 Å². The molecular formula is C8H16IrO. The van der Waals surface area contributed by atoms with Crippen LogP contribution in [0.1, 0.15) is 46.0 Å². The number of hydrogen-bond donors (Lipinski definition) is 0. The molecule has 1 radical (unpaired) electrons. The minimum atomic E-state index is 0.